The molecular formula is C14H27N3O2. The molecule has 0 unspecified atom stereocenters. The maximum absolute atomic E-state index is 11.9. The van der Waals surface area contributed by atoms with Gasteiger partial charge in [-0.15, -0.1) is 0 Å². The van der Waals surface area contributed by atoms with Gasteiger partial charge in [0.15, 0.2) is 0 Å². The fourth-order valence-electron chi connectivity index (χ4n) is 2.42. The van der Waals surface area contributed by atoms with Crippen LogP contribution in [0.15, 0.2) is 0 Å². The minimum Gasteiger partial charge on any atom is -0.343 e. The van der Waals surface area contributed by atoms with E-state index in [0.717, 1.165) is 45.4 Å². The number of hydrogen-bond donors (Lipinski definition) is 1. The van der Waals surface area contributed by atoms with Crippen LogP contribution in [0, 0.1) is 0 Å². The van der Waals surface area contributed by atoms with Crippen molar-refractivity contribution in [2.24, 2.45) is 0 Å². The highest BCUT2D eigenvalue weighted by Gasteiger charge is 2.24. The Labute approximate surface area is 116 Å². The van der Waals surface area contributed by atoms with E-state index in [2.05, 4.69) is 5.32 Å². The van der Waals surface area contributed by atoms with Crippen LogP contribution in [0.25, 0.3) is 0 Å². The largest absolute Gasteiger partial charge is 0.343 e. The van der Waals surface area contributed by atoms with E-state index in [1.165, 1.54) is 0 Å². The maximum atomic E-state index is 11.9. The Balaban J connectivity index is 2.34. The van der Waals surface area contributed by atoms with Crippen molar-refractivity contribution in [1.82, 2.24) is 15.1 Å². The van der Waals surface area contributed by atoms with E-state index in [-0.39, 0.29) is 18.0 Å². The average molecular weight is 269 g/mol. The van der Waals surface area contributed by atoms with Crippen LogP contribution in [0.4, 0.5) is 4.79 Å². The maximum Gasteiger partial charge on any atom is 0.317 e. The van der Waals surface area contributed by atoms with Crippen LogP contribution in [0.1, 0.15) is 46.5 Å². The highest BCUT2D eigenvalue weighted by atomic mass is 16.2. The van der Waals surface area contributed by atoms with E-state index >= 15 is 0 Å². The molecule has 5 nitrogen and oxygen atoms in total. The van der Waals surface area contributed by atoms with Gasteiger partial charge in [0.25, 0.3) is 0 Å². The topological polar surface area (TPSA) is 52.7 Å². The average Bonchev–Trinajstić information content (AvgIpc) is 2.41. The molecule has 0 aromatic rings. The van der Waals surface area contributed by atoms with Gasteiger partial charge in [-0.3, -0.25) is 4.79 Å². The lowest BCUT2D eigenvalue weighted by Gasteiger charge is -2.33. The summed E-state index contributed by atoms with van der Waals surface area (Å²) in [7, 11) is 0. The highest BCUT2D eigenvalue weighted by molar-refractivity contribution is 5.76. The zero-order chi connectivity index (χ0) is 14.3. The molecule has 1 aliphatic heterocycles. The second-order valence-corrected chi connectivity index (χ2v) is 5.03. The first-order chi connectivity index (χ1) is 9.12. The first-order valence-corrected chi connectivity index (χ1v) is 7.45. The Morgan fingerprint density at radius 2 is 1.74 bits per heavy atom. The smallest absolute Gasteiger partial charge is 0.317 e. The quantitative estimate of drug-likeness (QED) is 0.828. The fraction of sp³-hybridized carbons (Fsp3) is 0.857. The van der Waals surface area contributed by atoms with E-state index < -0.39 is 0 Å². The van der Waals surface area contributed by atoms with Crippen LogP contribution in [-0.2, 0) is 4.79 Å². The van der Waals surface area contributed by atoms with Crippen molar-refractivity contribution in [2.75, 3.05) is 26.2 Å². The molecule has 19 heavy (non-hydrogen) atoms. The monoisotopic (exact) mass is 269 g/mol. The summed E-state index contributed by atoms with van der Waals surface area (Å²) < 4.78 is 0. The third-order valence-electron chi connectivity index (χ3n) is 3.69. The molecule has 0 aromatic heterocycles. The van der Waals surface area contributed by atoms with Crippen molar-refractivity contribution >= 4 is 11.9 Å². The summed E-state index contributed by atoms with van der Waals surface area (Å²) in [6.45, 7) is 8.98. The Kier molecular flexibility index (Phi) is 6.67. The number of urea groups is 1. The minimum atomic E-state index is 0.0170. The molecule has 0 aromatic carbocycles. The summed E-state index contributed by atoms with van der Waals surface area (Å²) in [4.78, 5) is 27.4. The zero-order valence-electron chi connectivity index (χ0n) is 12.4. The second-order valence-electron chi connectivity index (χ2n) is 5.03. The molecule has 1 heterocycles. The molecule has 110 valence electrons. The van der Waals surface area contributed by atoms with Crippen molar-refractivity contribution in [3.05, 3.63) is 0 Å². The van der Waals surface area contributed by atoms with Gasteiger partial charge in [-0.05, 0) is 33.1 Å². The summed E-state index contributed by atoms with van der Waals surface area (Å²) >= 11 is 0. The first kappa shape index (κ1) is 15.8. The zero-order valence-corrected chi connectivity index (χ0v) is 12.4. The lowest BCUT2D eigenvalue weighted by atomic mass is 10.0. The SMILES string of the molecule is CCCC(=O)N1CCC(NC(=O)N(CC)CC)CC1. The lowest BCUT2D eigenvalue weighted by Crippen LogP contribution is -2.50. The van der Waals surface area contributed by atoms with Crippen LogP contribution in [0.5, 0.6) is 0 Å². The number of carbonyl (C=O) groups is 2. The van der Waals surface area contributed by atoms with E-state index in [1.807, 2.05) is 25.7 Å². The molecule has 1 saturated heterocycles. The molecule has 1 aliphatic rings. The Hall–Kier alpha value is -1.26. The number of hydrogen-bond acceptors (Lipinski definition) is 2. The van der Waals surface area contributed by atoms with Crippen molar-refractivity contribution in [1.29, 1.82) is 0 Å². The third kappa shape index (κ3) is 4.73. The molecule has 0 spiro atoms. The summed E-state index contributed by atoms with van der Waals surface area (Å²) in [5, 5.41) is 3.06. The van der Waals surface area contributed by atoms with E-state index in [4.69, 9.17) is 0 Å². The van der Waals surface area contributed by atoms with Gasteiger partial charge in [-0.25, -0.2) is 4.79 Å². The molecule has 0 radical (unpaired) electrons. The van der Waals surface area contributed by atoms with Crippen molar-refractivity contribution in [2.45, 2.75) is 52.5 Å². The number of nitrogens with one attached hydrogen (secondary N) is 1. The summed E-state index contributed by atoms with van der Waals surface area (Å²) in [6.07, 6.45) is 3.26. The number of amides is 3. The number of carbonyl (C=O) groups excluding carboxylic acids is 2. The van der Waals surface area contributed by atoms with Crippen molar-refractivity contribution in [3.63, 3.8) is 0 Å². The molecular weight excluding hydrogens is 242 g/mol. The highest BCUT2D eigenvalue weighted by Crippen LogP contribution is 2.12. The molecule has 0 atom stereocenters. The Morgan fingerprint density at radius 1 is 1.16 bits per heavy atom. The molecule has 0 aliphatic carbocycles. The van der Waals surface area contributed by atoms with E-state index in [0.29, 0.717) is 6.42 Å². The molecule has 5 heteroatoms. The van der Waals surface area contributed by atoms with Gasteiger partial charge in [0.05, 0.1) is 0 Å². The van der Waals surface area contributed by atoms with Gasteiger partial charge in [-0.2, -0.15) is 0 Å². The molecule has 0 bridgehead atoms. The van der Waals surface area contributed by atoms with Crippen LogP contribution < -0.4 is 5.32 Å². The van der Waals surface area contributed by atoms with Crippen LogP contribution >= 0.6 is 0 Å². The summed E-state index contributed by atoms with van der Waals surface area (Å²) in [6, 6.07) is 0.224. The van der Waals surface area contributed by atoms with Gasteiger partial charge >= 0.3 is 6.03 Å². The molecule has 1 rings (SSSR count). The van der Waals surface area contributed by atoms with Gasteiger partial charge in [0.2, 0.25) is 5.91 Å². The number of rotatable bonds is 5. The lowest BCUT2D eigenvalue weighted by molar-refractivity contribution is -0.132. The predicted molar refractivity (Wildman–Crippen MR) is 76.0 cm³/mol. The molecule has 1 N–H and O–H groups in total. The predicted octanol–water partition coefficient (Wildman–Crippen LogP) is 1.83. The third-order valence-corrected chi connectivity index (χ3v) is 3.69. The number of nitrogens with zero attached hydrogens (tertiary/aromatic N) is 2. The fourth-order valence-corrected chi connectivity index (χ4v) is 2.42. The normalized spacial score (nSPS) is 16.3. The minimum absolute atomic E-state index is 0.0170. The van der Waals surface area contributed by atoms with Crippen molar-refractivity contribution in [3.8, 4) is 0 Å². The van der Waals surface area contributed by atoms with Crippen LogP contribution in [-0.4, -0.2) is 54.0 Å². The number of piperidine rings is 1. The van der Waals surface area contributed by atoms with Crippen LogP contribution in [0.2, 0.25) is 0 Å². The van der Waals surface area contributed by atoms with Gasteiger partial charge in [-0.1, -0.05) is 6.92 Å². The molecule has 1 fully saturated rings. The Morgan fingerprint density at radius 3 is 2.21 bits per heavy atom. The van der Waals surface area contributed by atoms with Crippen molar-refractivity contribution < 1.29 is 9.59 Å². The molecule has 0 saturated carbocycles. The molecule has 3 amide bonds. The Bertz CT molecular complexity index is 295. The number of likely N-dealkylation sites (tertiary alicyclic amines) is 1. The van der Waals surface area contributed by atoms with E-state index in [1.54, 1.807) is 4.90 Å². The van der Waals surface area contributed by atoms with E-state index in [9.17, 15) is 9.59 Å². The van der Waals surface area contributed by atoms with Gasteiger partial charge < -0.3 is 15.1 Å². The standard InChI is InChI=1S/C14H27N3O2/c1-4-7-13(18)17-10-8-12(9-11-17)15-14(19)16(5-2)6-3/h12H,4-11H2,1-3H3,(H,15,19). The van der Waals surface area contributed by atoms with Crippen LogP contribution in [0.3, 0.4) is 0 Å². The summed E-state index contributed by atoms with van der Waals surface area (Å²) in [5.74, 6) is 0.246. The van der Waals surface area contributed by atoms with Gasteiger partial charge in [0.1, 0.15) is 0 Å². The summed E-state index contributed by atoms with van der Waals surface area (Å²) in [5.41, 5.74) is 0. The van der Waals surface area contributed by atoms with Gasteiger partial charge in [0, 0.05) is 38.6 Å². The first-order valence-electron chi connectivity index (χ1n) is 7.45. The second kappa shape index (κ2) is 8.02.